The molecule has 4 heterocycles. The number of allylic oxidation sites excluding steroid dienone is 7. The molecule has 4 atom stereocenters. The van der Waals surface area contributed by atoms with Crippen molar-refractivity contribution in [2.24, 2.45) is 4.99 Å². The molecule has 2 aromatic carbocycles. The third-order valence-corrected chi connectivity index (χ3v) is 10.2. The molecule has 3 aromatic rings. The fourth-order valence-corrected chi connectivity index (χ4v) is 6.93. The number of epoxide rings is 2. The molecule has 0 radical (unpaired) electrons. The molecular formula is C42H44N2O6. The highest BCUT2D eigenvalue weighted by molar-refractivity contribution is 5.97. The molecule has 50 heavy (non-hydrogen) atoms. The summed E-state index contributed by atoms with van der Waals surface area (Å²) < 4.78 is 35.5. The lowest BCUT2D eigenvalue weighted by molar-refractivity contribution is 0.186. The van der Waals surface area contributed by atoms with E-state index in [0.29, 0.717) is 31.4 Å². The van der Waals surface area contributed by atoms with Gasteiger partial charge < -0.3 is 28.1 Å². The Morgan fingerprint density at radius 1 is 1.00 bits per heavy atom. The van der Waals surface area contributed by atoms with E-state index in [9.17, 15) is 0 Å². The normalized spacial score (nSPS) is 25.3. The van der Waals surface area contributed by atoms with Crippen LogP contribution in [0.25, 0.3) is 11.1 Å². The van der Waals surface area contributed by atoms with Crippen molar-refractivity contribution in [3.05, 3.63) is 131 Å². The van der Waals surface area contributed by atoms with Gasteiger partial charge in [0.25, 0.3) is 0 Å². The Bertz CT molecular complexity index is 2000. The molecule has 1 aromatic heterocycles. The predicted molar refractivity (Wildman–Crippen MR) is 193 cm³/mol. The van der Waals surface area contributed by atoms with Crippen molar-refractivity contribution in [2.45, 2.75) is 75.6 Å². The number of ether oxygens (including phenoxy) is 5. The second-order valence-corrected chi connectivity index (χ2v) is 14.6. The number of hydrogen-bond acceptors (Lipinski definition) is 8. The van der Waals surface area contributed by atoms with Crippen molar-refractivity contribution in [2.75, 3.05) is 26.4 Å². The van der Waals surface area contributed by atoms with Gasteiger partial charge in [0.15, 0.2) is 5.58 Å². The summed E-state index contributed by atoms with van der Waals surface area (Å²) in [4.78, 5) is 10.0. The lowest BCUT2D eigenvalue weighted by Gasteiger charge is -2.30. The molecule has 3 aliphatic heterocycles. The Morgan fingerprint density at radius 3 is 2.54 bits per heavy atom. The van der Waals surface area contributed by atoms with E-state index in [-0.39, 0.29) is 23.7 Å². The zero-order valence-electron chi connectivity index (χ0n) is 29.1. The number of rotatable bonds is 14. The van der Waals surface area contributed by atoms with E-state index < -0.39 is 5.41 Å². The van der Waals surface area contributed by atoms with Crippen LogP contribution < -0.4 is 4.74 Å². The highest BCUT2D eigenvalue weighted by Crippen LogP contribution is 2.42. The van der Waals surface area contributed by atoms with Crippen LogP contribution in [-0.4, -0.2) is 55.6 Å². The first-order valence-electron chi connectivity index (χ1n) is 17.6. The first-order chi connectivity index (χ1) is 24.2. The molecule has 2 fully saturated rings. The van der Waals surface area contributed by atoms with E-state index in [1.165, 1.54) is 11.1 Å². The Hall–Kier alpha value is -4.66. The third kappa shape index (κ3) is 6.50. The Labute approximate surface area is 293 Å². The molecule has 8 nitrogen and oxygen atoms in total. The largest absolute Gasteiger partial charge is 0.491 e. The number of oxazole rings is 1. The SMILES string of the molecule is C=CCC1=C(OCC2CO2)C=CC(C)(c2nc3cc(C(C)(C)C4=CCC5OC(c6ccc(OCC7CO7)c(CC=C)c6)=NC5=C4)ccc3o2)C1. The van der Waals surface area contributed by atoms with Gasteiger partial charge in [-0.05, 0) is 90.9 Å². The molecule has 258 valence electrons. The van der Waals surface area contributed by atoms with Gasteiger partial charge in [-0.2, -0.15) is 0 Å². The number of aliphatic imine (C=N–C) groups is 1. The van der Waals surface area contributed by atoms with E-state index in [4.69, 9.17) is 38.1 Å². The monoisotopic (exact) mass is 672 g/mol. The van der Waals surface area contributed by atoms with E-state index >= 15 is 0 Å². The Balaban J connectivity index is 1.01. The van der Waals surface area contributed by atoms with Gasteiger partial charge in [-0.1, -0.05) is 44.2 Å². The van der Waals surface area contributed by atoms with Crippen LogP contribution in [0.15, 0.2) is 118 Å². The van der Waals surface area contributed by atoms with Gasteiger partial charge in [0.2, 0.25) is 11.8 Å². The zero-order valence-corrected chi connectivity index (χ0v) is 29.1. The van der Waals surface area contributed by atoms with Gasteiger partial charge in [-0.3, -0.25) is 0 Å². The number of benzene rings is 2. The summed E-state index contributed by atoms with van der Waals surface area (Å²) in [6, 6.07) is 12.5. The van der Waals surface area contributed by atoms with Crippen molar-refractivity contribution in [1.82, 2.24) is 4.98 Å². The average Bonchev–Trinajstić information content (AvgIpc) is 4.04. The van der Waals surface area contributed by atoms with Gasteiger partial charge in [0.05, 0.1) is 24.3 Å². The molecule has 0 saturated carbocycles. The van der Waals surface area contributed by atoms with Crippen molar-refractivity contribution in [1.29, 1.82) is 0 Å². The van der Waals surface area contributed by atoms with Crippen LogP contribution in [0.3, 0.4) is 0 Å². The van der Waals surface area contributed by atoms with Crippen molar-refractivity contribution >= 4 is 17.0 Å². The maximum absolute atomic E-state index is 6.41. The predicted octanol–water partition coefficient (Wildman–Crippen LogP) is 8.13. The summed E-state index contributed by atoms with van der Waals surface area (Å²) in [5, 5.41) is 0. The fourth-order valence-electron chi connectivity index (χ4n) is 6.93. The molecule has 2 aliphatic carbocycles. The number of nitrogens with zero attached hydrogens (tertiary/aromatic N) is 2. The summed E-state index contributed by atoms with van der Waals surface area (Å²) in [5.41, 5.74) is 7.41. The standard InChI is InChI=1S/C42H44N2O6/c1-6-8-26-18-27(10-13-35(26)47-24-31-22-45-31)39-43-33-19-29(11-14-37(33)49-39)41(3,4)30-12-15-38-34(20-30)44-40(50-38)42(5)17-16-36(28(21-42)9-7-2)48-25-32-23-46-32/h6-7,10-13,15-20,31-32,37H,1-2,8-9,14,21-25H2,3-5H3. The van der Waals surface area contributed by atoms with Gasteiger partial charge in [-0.15, -0.1) is 13.2 Å². The minimum atomic E-state index is -0.398. The minimum Gasteiger partial charge on any atom is -0.491 e. The van der Waals surface area contributed by atoms with Gasteiger partial charge in [0.1, 0.15) is 48.6 Å². The highest BCUT2D eigenvalue weighted by atomic mass is 16.6. The van der Waals surface area contributed by atoms with E-state index in [2.05, 4.69) is 76.4 Å². The maximum atomic E-state index is 6.41. The summed E-state index contributed by atoms with van der Waals surface area (Å²) >= 11 is 0. The molecule has 0 bridgehead atoms. The molecule has 8 heteroatoms. The number of fused-ring (bicyclic) bond motifs is 2. The van der Waals surface area contributed by atoms with Crippen LogP contribution in [0.5, 0.6) is 5.75 Å². The van der Waals surface area contributed by atoms with Crippen LogP contribution in [0.1, 0.15) is 62.6 Å². The van der Waals surface area contributed by atoms with E-state index in [1.807, 2.05) is 30.4 Å². The van der Waals surface area contributed by atoms with Crippen LogP contribution in [0.4, 0.5) is 0 Å². The lowest BCUT2D eigenvalue weighted by Crippen LogP contribution is -2.24. The molecular weight excluding hydrogens is 628 g/mol. The second-order valence-electron chi connectivity index (χ2n) is 14.6. The number of aromatic nitrogens is 1. The third-order valence-electron chi connectivity index (χ3n) is 10.2. The lowest BCUT2D eigenvalue weighted by atomic mass is 9.75. The summed E-state index contributed by atoms with van der Waals surface area (Å²) in [6.45, 7) is 17.2. The topological polar surface area (TPSA) is 91.1 Å². The summed E-state index contributed by atoms with van der Waals surface area (Å²) in [7, 11) is 0. The molecule has 2 saturated heterocycles. The first kappa shape index (κ1) is 32.5. The number of hydrogen-bond donors (Lipinski definition) is 0. The van der Waals surface area contributed by atoms with Crippen molar-refractivity contribution in [3.8, 4) is 5.75 Å². The van der Waals surface area contributed by atoms with Gasteiger partial charge >= 0.3 is 0 Å². The average molecular weight is 673 g/mol. The van der Waals surface area contributed by atoms with Crippen LogP contribution >= 0.6 is 0 Å². The smallest absolute Gasteiger partial charge is 0.221 e. The van der Waals surface area contributed by atoms with E-state index in [0.717, 1.165) is 77.5 Å². The molecule has 8 rings (SSSR count). The molecule has 0 amide bonds. The quantitative estimate of drug-likeness (QED) is 0.126. The molecule has 5 aliphatic rings. The molecule has 0 N–H and O–H groups in total. The van der Waals surface area contributed by atoms with Gasteiger partial charge in [-0.25, -0.2) is 9.98 Å². The maximum Gasteiger partial charge on any atom is 0.221 e. The molecule has 4 unspecified atom stereocenters. The highest BCUT2D eigenvalue weighted by Gasteiger charge is 2.37. The van der Waals surface area contributed by atoms with Crippen molar-refractivity contribution < 1.29 is 28.1 Å². The van der Waals surface area contributed by atoms with Crippen molar-refractivity contribution in [3.63, 3.8) is 0 Å². The fraction of sp³-hybridized carbons (Fsp3) is 0.381. The van der Waals surface area contributed by atoms with Crippen LogP contribution in [0.2, 0.25) is 0 Å². The van der Waals surface area contributed by atoms with Crippen LogP contribution in [0, 0.1) is 0 Å². The Morgan fingerprint density at radius 2 is 1.78 bits per heavy atom. The summed E-state index contributed by atoms with van der Waals surface area (Å²) in [5.74, 6) is 3.09. The Kier molecular flexibility index (Phi) is 8.40. The van der Waals surface area contributed by atoms with Crippen LogP contribution in [-0.2, 0) is 36.2 Å². The van der Waals surface area contributed by atoms with Gasteiger partial charge in [0, 0.05) is 17.4 Å². The van der Waals surface area contributed by atoms with E-state index in [1.54, 1.807) is 0 Å². The summed E-state index contributed by atoms with van der Waals surface area (Å²) in [6.07, 6.45) is 15.7. The minimum absolute atomic E-state index is 0.104. The molecule has 0 spiro atoms. The second kappa shape index (κ2) is 12.9. The first-order valence-corrected chi connectivity index (χ1v) is 17.6. The zero-order chi connectivity index (χ0) is 34.5.